The maximum atomic E-state index is 11.4. The van der Waals surface area contributed by atoms with Gasteiger partial charge in [-0.05, 0) is 39.3 Å². The van der Waals surface area contributed by atoms with Crippen LogP contribution in [0.2, 0.25) is 39.3 Å². The van der Waals surface area contributed by atoms with E-state index in [1.165, 1.54) is 0 Å². The molecule has 0 saturated carbocycles. The third kappa shape index (κ3) is 17.4. The molecule has 136 valence electrons. The van der Waals surface area contributed by atoms with Crippen LogP contribution in [0.25, 0.3) is 0 Å². The topological polar surface area (TPSA) is 80.3 Å². The van der Waals surface area contributed by atoms with Gasteiger partial charge in [0.2, 0.25) is 16.6 Å². The molecule has 0 saturated heterocycles. The molecule has 0 amide bonds. The van der Waals surface area contributed by atoms with Crippen molar-refractivity contribution in [2.75, 3.05) is 39.6 Å². The van der Waals surface area contributed by atoms with Crippen LogP contribution in [0.1, 0.15) is 0 Å². The SMILES string of the molecule is C[Si](C)(C)OC(=O)COCCOCCOCC(=O)O[Si](C)(C)C. The molecular formula is C14H30O7Si2. The number of ether oxygens (including phenoxy) is 3. The highest BCUT2D eigenvalue weighted by atomic mass is 28.4. The highest BCUT2D eigenvalue weighted by Crippen LogP contribution is 2.03. The summed E-state index contributed by atoms with van der Waals surface area (Å²) in [5, 5.41) is 0. The zero-order valence-corrected chi connectivity index (χ0v) is 17.1. The Morgan fingerprint density at radius 1 is 0.609 bits per heavy atom. The second kappa shape index (κ2) is 10.9. The number of carbonyl (C=O) groups is 2. The Balaban J connectivity index is 3.41. The Bertz CT molecular complexity index is 327. The first kappa shape index (κ1) is 22.3. The first-order chi connectivity index (χ1) is 10.5. The standard InChI is InChI=1S/C14H30O7Si2/c1-22(2,3)20-13(15)11-18-9-7-17-8-10-19-12-14(16)21-23(4,5)6/h7-12H2,1-6H3. The average molecular weight is 367 g/mol. The van der Waals surface area contributed by atoms with E-state index < -0.39 is 16.6 Å². The van der Waals surface area contributed by atoms with Crippen molar-refractivity contribution in [2.45, 2.75) is 39.3 Å². The molecule has 0 aliphatic heterocycles. The van der Waals surface area contributed by atoms with Crippen molar-refractivity contribution in [2.24, 2.45) is 0 Å². The summed E-state index contributed by atoms with van der Waals surface area (Å²) in [5.74, 6) is -0.679. The summed E-state index contributed by atoms with van der Waals surface area (Å²) in [7, 11) is -3.70. The van der Waals surface area contributed by atoms with E-state index in [9.17, 15) is 9.59 Å². The quantitative estimate of drug-likeness (QED) is 0.385. The second-order valence-corrected chi connectivity index (χ2v) is 15.7. The average Bonchev–Trinajstić information content (AvgIpc) is 2.32. The van der Waals surface area contributed by atoms with Gasteiger partial charge in [0, 0.05) is 0 Å². The van der Waals surface area contributed by atoms with Crippen LogP contribution in [0, 0.1) is 0 Å². The summed E-state index contributed by atoms with van der Waals surface area (Å²) >= 11 is 0. The van der Waals surface area contributed by atoms with E-state index in [-0.39, 0.29) is 25.2 Å². The van der Waals surface area contributed by atoms with E-state index >= 15 is 0 Å². The Hall–Kier alpha value is -0.746. The Kier molecular flexibility index (Phi) is 10.6. The van der Waals surface area contributed by atoms with Gasteiger partial charge in [-0.25, -0.2) is 0 Å². The van der Waals surface area contributed by atoms with E-state index in [1.807, 2.05) is 39.3 Å². The number of carbonyl (C=O) groups excluding carboxylic acids is 2. The molecule has 0 aliphatic carbocycles. The maximum absolute atomic E-state index is 11.4. The summed E-state index contributed by atoms with van der Waals surface area (Å²) in [6.07, 6.45) is 0. The number of rotatable bonds is 12. The fraction of sp³-hybridized carbons (Fsp3) is 0.857. The van der Waals surface area contributed by atoms with Crippen LogP contribution in [0.15, 0.2) is 0 Å². The third-order valence-electron chi connectivity index (χ3n) is 2.02. The van der Waals surface area contributed by atoms with Gasteiger partial charge >= 0.3 is 11.9 Å². The van der Waals surface area contributed by atoms with Crippen molar-refractivity contribution in [3.05, 3.63) is 0 Å². The van der Waals surface area contributed by atoms with Crippen LogP contribution in [0.4, 0.5) is 0 Å². The van der Waals surface area contributed by atoms with Crippen LogP contribution in [-0.4, -0.2) is 68.2 Å². The molecule has 9 heteroatoms. The number of hydrogen-bond donors (Lipinski definition) is 0. The fourth-order valence-electron chi connectivity index (χ4n) is 1.39. The molecule has 0 aliphatic rings. The fourth-order valence-corrected chi connectivity index (χ4v) is 2.87. The van der Waals surface area contributed by atoms with Gasteiger partial charge in [-0.3, -0.25) is 9.59 Å². The molecule has 0 bridgehead atoms. The van der Waals surface area contributed by atoms with Gasteiger partial charge in [-0.2, -0.15) is 0 Å². The maximum Gasteiger partial charge on any atom is 0.318 e. The van der Waals surface area contributed by atoms with Crippen molar-refractivity contribution < 1.29 is 32.7 Å². The molecule has 0 radical (unpaired) electrons. The largest absolute Gasteiger partial charge is 0.518 e. The molecular weight excluding hydrogens is 336 g/mol. The zero-order valence-electron chi connectivity index (χ0n) is 15.1. The minimum Gasteiger partial charge on any atom is -0.518 e. The minimum absolute atomic E-state index is 0.0628. The summed E-state index contributed by atoms with van der Waals surface area (Å²) in [6, 6.07) is 0. The van der Waals surface area contributed by atoms with Crippen LogP contribution < -0.4 is 0 Å². The molecule has 0 aromatic rings. The van der Waals surface area contributed by atoms with E-state index in [4.69, 9.17) is 23.1 Å². The molecule has 0 N–H and O–H groups in total. The van der Waals surface area contributed by atoms with Crippen molar-refractivity contribution in [1.82, 2.24) is 0 Å². The summed E-state index contributed by atoms with van der Waals surface area (Å²) in [5.41, 5.74) is 0. The highest BCUT2D eigenvalue weighted by Gasteiger charge is 2.20. The molecule has 7 nitrogen and oxygen atoms in total. The third-order valence-corrected chi connectivity index (χ3v) is 3.70. The first-order valence-electron chi connectivity index (χ1n) is 7.66. The van der Waals surface area contributed by atoms with Gasteiger partial charge in [0.15, 0.2) is 0 Å². The normalized spacial score (nSPS) is 12.1. The van der Waals surface area contributed by atoms with Gasteiger partial charge in [-0.15, -0.1) is 0 Å². The first-order valence-corrected chi connectivity index (χ1v) is 14.5. The predicted molar refractivity (Wildman–Crippen MR) is 91.3 cm³/mol. The molecule has 0 fully saturated rings. The molecule has 0 heterocycles. The lowest BCUT2D eigenvalue weighted by Gasteiger charge is -2.17. The van der Waals surface area contributed by atoms with Crippen molar-refractivity contribution in [3.63, 3.8) is 0 Å². The number of hydrogen-bond acceptors (Lipinski definition) is 7. The molecule has 0 atom stereocenters. The van der Waals surface area contributed by atoms with E-state index in [2.05, 4.69) is 0 Å². The minimum atomic E-state index is -1.85. The lowest BCUT2D eigenvalue weighted by Crippen LogP contribution is -2.31. The van der Waals surface area contributed by atoms with Crippen molar-refractivity contribution in [1.29, 1.82) is 0 Å². The van der Waals surface area contributed by atoms with E-state index in [0.717, 1.165) is 0 Å². The highest BCUT2D eigenvalue weighted by molar-refractivity contribution is 6.71. The molecule has 0 rings (SSSR count). The summed E-state index contributed by atoms with van der Waals surface area (Å²) in [6.45, 7) is 12.8. The van der Waals surface area contributed by atoms with Gasteiger partial charge in [0.25, 0.3) is 0 Å². The Morgan fingerprint density at radius 3 is 1.22 bits per heavy atom. The molecule has 0 aromatic carbocycles. The van der Waals surface area contributed by atoms with Crippen molar-refractivity contribution >= 4 is 28.6 Å². The summed E-state index contributed by atoms with van der Waals surface area (Å²) < 4.78 is 26.0. The van der Waals surface area contributed by atoms with E-state index in [0.29, 0.717) is 26.4 Å². The molecule has 0 spiro atoms. The van der Waals surface area contributed by atoms with Crippen LogP contribution in [-0.2, 0) is 32.7 Å². The van der Waals surface area contributed by atoms with Gasteiger partial charge < -0.3 is 23.1 Å². The van der Waals surface area contributed by atoms with Crippen LogP contribution in [0.3, 0.4) is 0 Å². The van der Waals surface area contributed by atoms with Gasteiger partial charge in [0.05, 0.1) is 26.4 Å². The Labute approximate surface area is 140 Å². The molecule has 0 unspecified atom stereocenters. The molecule has 0 aromatic heterocycles. The Morgan fingerprint density at radius 2 is 0.913 bits per heavy atom. The van der Waals surface area contributed by atoms with Gasteiger partial charge in [-0.1, -0.05) is 0 Å². The van der Waals surface area contributed by atoms with E-state index in [1.54, 1.807) is 0 Å². The zero-order chi connectivity index (χ0) is 17.9. The lowest BCUT2D eigenvalue weighted by molar-refractivity contribution is -0.140. The second-order valence-electron chi connectivity index (χ2n) is 6.89. The monoisotopic (exact) mass is 366 g/mol. The molecule has 23 heavy (non-hydrogen) atoms. The smallest absolute Gasteiger partial charge is 0.318 e. The van der Waals surface area contributed by atoms with Crippen molar-refractivity contribution in [3.8, 4) is 0 Å². The lowest BCUT2D eigenvalue weighted by atomic mass is 10.7. The van der Waals surface area contributed by atoms with Crippen LogP contribution >= 0.6 is 0 Å². The summed E-state index contributed by atoms with van der Waals surface area (Å²) in [4.78, 5) is 22.8. The van der Waals surface area contributed by atoms with Gasteiger partial charge in [0.1, 0.15) is 13.2 Å². The predicted octanol–water partition coefficient (Wildman–Crippen LogP) is 1.79. The van der Waals surface area contributed by atoms with Crippen LogP contribution in [0.5, 0.6) is 0 Å².